The van der Waals surface area contributed by atoms with Gasteiger partial charge in [-0.3, -0.25) is 9.63 Å². The van der Waals surface area contributed by atoms with Crippen molar-refractivity contribution in [2.24, 2.45) is 5.92 Å². The smallest absolute Gasteiger partial charge is 0.291 e. The van der Waals surface area contributed by atoms with Crippen molar-refractivity contribution in [1.82, 2.24) is 10.5 Å². The van der Waals surface area contributed by atoms with Gasteiger partial charge < -0.3 is 4.98 Å². The van der Waals surface area contributed by atoms with Gasteiger partial charge >= 0.3 is 0 Å². The molecule has 4 heteroatoms. The molecule has 1 amide bonds. The van der Waals surface area contributed by atoms with Crippen molar-refractivity contribution in [2.45, 2.75) is 12.8 Å². The van der Waals surface area contributed by atoms with E-state index in [4.69, 9.17) is 4.84 Å². The third kappa shape index (κ3) is 2.32. The lowest BCUT2D eigenvalue weighted by Gasteiger charge is -2.02. The summed E-state index contributed by atoms with van der Waals surface area (Å²) < 4.78 is 0. The quantitative estimate of drug-likeness (QED) is 0.681. The molecule has 70 valence electrons. The maximum atomic E-state index is 11.2. The molecule has 0 unspecified atom stereocenters. The molecule has 1 fully saturated rings. The van der Waals surface area contributed by atoms with E-state index in [0.29, 0.717) is 18.2 Å². The zero-order valence-corrected chi connectivity index (χ0v) is 7.25. The van der Waals surface area contributed by atoms with Gasteiger partial charge in [-0.25, -0.2) is 5.48 Å². The second-order valence-electron chi connectivity index (χ2n) is 3.27. The number of rotatable bonds is 4. The van der Waals surface area contributed by atoms with Gasteiger partial charge in [-0.15, -0.1) is 0 Å². The first-order chi connectivity index (χ1) is 6.36. The maximum absolute atomic E-state index is 11.2. The van der Waals surface area contributed by atoms with E-state index in [2.05, 4.69) is 10.5 Å². The van der Waals surface area contributed by atoms with Gasteiger partial charge in [-0.05, 0) is 30.9 Å². The van der Waals surface area contributed by atoms with Crippen molar-refractivity contribution >= 4 is 5.91 Å². The molecule has 0 radical (unpaired) electrons. The molecule has 0 atom stereocenters. The van der Waals surface area contributed by atoms with Crippen LogP contribution in [0.2, 0.25) is 0 Å². The Hall–Kier alpha value is -1.29. The third-order valence-corrected chi connectivity index (χ3v) is 2.02. The van der Waals surface area contributed by atoms with Crippen LogP contribution in [0.4, 0.5) is 0 Å². The summed E-state index contributed by atoms with van der Waals surface area (Å²) in [5.41, 5.74) is 2.91. The highest BCUT2D eigenvalue weighted by atomic mass is 16.7. The number of H-pyrrole nitrogens is 1. The van der Waals surface area contributed by atoms with Gasteiger partial charge in [-0.1, -0.05) is 0 Å². The average Bonchev–Trinajstić information content (AvgIpc) is 2.80. The zero-order valence-electron chi connectivity index (χ0n) is 7.25. The Balaban J connectivity index is 1.71. The average molecular weight is 180 g/mol. The number of carbonyl (C=O) groups excluding carboxylic acids is 1. The summed E-state index contributed by atoms with van der Waals surface area (Å²) in [5.74, 6) is 0.439. The Morgan fingerprint density at radius 2 is 2.54 bits per heavy atom. The van der Waals surface area contributed by atoms with Crippen molar-refractivity contribution in [2.75, 3.05) is 6.61 Å². The first-order valence-corrected chi connectivity index (χ1v) is 4.42. The predicted molar refractivity (Wildman–Crippen MR) is 46.9 cm³/mol. The van der Waals surface area contributed by atoms with E-state index in [1.807, 2.05) is 0 Å². The fourth-order valence-electron chi connectivity index (χ4n) is 1.04. The Morgan fingerprint density at radius 1 is 1.69 bits per heavy atom. The van der Waals surface area contributed by atoms with E-state index in [0.717, 1.165) is 0 Å². The summed E-state index contributed by atoms with van der Waals surface area (Å²) >= 11 is 0. The van der Waals surface area contributed by atoms with E-state index < -0.39 is 0 Å². The first kappa shape index (κ1) is 8.31. The fourth-order valence-corrected chi connectivity index (χ4v) is 1.04. The monoisotopic (exact) mass is 180 g/mol. The number of aromatic nitrogens is 1. The molecule has 0 saturated heterocycles. The molecule has 4 nitrogen and oxygen atoms in total. The molecule has 1 heterocycles. The van der Waals surface area contributed by atoms with E-state index in [1.165, 1.54) is 12.8 Å². The van der Waals surface area contributed by atoms with Crippen LogP contribution >= 0.6 is 0 Å². The van der Waals surface area contributed by atoms with Crippen LogP contribution in [0.5, 0.6) is 0 Å². The maximum Gasteiger partial charge on any atom is 0.291 e. The number of carbonyl (C=O) groups is 1. The normalized spacial score (nSPS) is 15.7. The second kappa shape index (κ2) is 3.62. The molecule has 0 aromatic carbocycles. The molecule has 0 bridgehead atoms. The second-order valence-corrected chi connectivity index (χ2v) is 3.27. The van der Waals surface area contributed by atoms with E-state index in [-0.39, 0.29) is 5.91 Å². The topological polar surface area (TPSA) is 54.1 Å². The lowest BCUT2D eigenvalue weighted by Crippen LogP contribution is -2.24. The Bertz CT molecular complexity index is 278. The number of aromatic amines is 1. The lowest BCUT2D eigenvalue weighted by molar-refractivity contribution is 0.0266. The molecule has 1 aliphatic carbocycles. The summed E-state index contributed by atoms with van der Waals surface area (Å²) in [6.07, 6.45) is 4.15. The number of hydrogen-bond donors (Lipinski definition) is 2. The Labute approximate surface area is 76.2 Å². The molecule has 0 aliphatic heterocycles. The van der Waals surface area contributed by atoms with Gasteiger partial charge in [0.25, 0.3) is 5.91 Å². The molecular formula is C9H12N2O2. The molecule has 1 aromatic heterocycles. The number of hydroxylamine groups is 1. The molecular weight excluding hydrogens is 168 g/mol. The summed E-state index contributed by atoms with van der Waals surface area (Å²) in [6.45, 7) is 0.631. The summed E-state index contributed by atoms with van der Waals surface area (Å²) in [7, 11) is 0. The molecule has 1 aromatic rings. The van der Waals surface area contributed by atoms with Crippen LogP contribution in [0, 0.1) is 5.92 Å². The van der Waals surface area contributed by atoms with Crippen molar-refractivity contribution < 1.29 is 9.63 Å². The van der Waals surface area contributed by atoms with Crippen LogP contribution in [0.3, 0.4) is 0 Å². The minimum atomic E-state index is -0.217. The summed E-state index contributed by atoms with van der Waals surface area (Å²) in [6, 6.07) is 3.48. The highest BCUT2D eigenvalue weighted by Crippen LogP contribution is 2.28. The summed E-state index contributed by atoms with van der Waals surface area (Å²) in [4.78, 5) is 19.1. The first-order valence-electron chi connectivity index (χ1n) is 4.42. The van der Waals surface area contributed by atoms with Crippen LogP contribution in [-0.4, -0.2) is 17.5 Å². The molecule has 1 aliphatic rings. The van der Waals surface area contributed by atoms with Crippen molar-refractivity contribution in [3.8, 4) is 0 Å². The minimum Gasteiger partial charge on any atom is -0.357 e. The van der Waals surface area contributed by atoms with Gasteiger partial charge in [0.2, 0.25) is 0 Å². The van der Waals surface area contributed by atoms with E-state index >= 15 is 0 Å². The molecule has 2 rings (SSSR count). The standard InChI is InChI=1S/C9H12N2O2/c12-9(8-2-1-5-10-8)11-13-6-7-3-4-7/h1-2,5,7,10H,3-4,6H2,(H,11,12). The predicted octanol–water partition coefficient (Wildman–Crippen LogP) is 1.09. The number of hydrogen-bond acceptors (Lipinski definition) is 2. The molecule has 1 saturated carbocycles. The van der Waals surface area contributed by atoms with Crippen molar-refractivity contribution in [3.63, 3.8) is 0 Å². The van der Waals surface area contributed by atoms with Crippen LogP contribution in [0.15, 0.2) is 18.3 Å². The van der Waals surface area contributed by atoms with Gasteiger partial charge in [0, 0.05) is 6.20 Å². The third-order valence-electron chi connectivity index (χ3n) is 2.02. The highest BCUT2D eigenvalue weighted by Gasteiger charge is 2.21. The molecule has 2 N–H and O–H groups in total. The highest BCUT2D eigenvalue weighted by molar-refractivity contribution is 5.91. The van der Waals surface area contributed by atoms with E-state index in [1.54, 1.807) is 18.3 Å². The van der Waals surface area contributed by atoms with Crippen LogP contribution in [0.1, 0.15) is 23.3 Å². The zero-order chi connectivity index (χ0) is 9.10. The fraction of sp³-hybridized carbons (Fsp3) is 0.444. The van der Waals surface area contributed by atoms with Crippen LogP contribution < -0.4 is 5.48 Å². The number of amides is 1. The van der Waals surface area contributed by atoms with Crippen LogP contribution in [-0.2, 0) is 4.84 Å². The van der Waals surface area contributed by atoms with Gasteiger partial charge in [0.05, 0.1) is 6.61 Å². The Kier molecular flexibility index (Phi) is 2.31. The number of nitrogens with one attached hydrogen (secondary N) is 2. The SMILES string of the molecule is O=C(NOCC1CC1)c1ccc[nH]1. The van der Waals surface area contributed by atoms with Gasteiger partial charge in [0.15, 0.2) is 0 Å². The molecule has 13 heavy (non-hydrogen) atoms. The lowest BCUT2D eigenvalue weighted by atomic mass is 10.4. The molecule has 0 spiro atoms. The van der Waals surface area contributed by atoms with Gasteiger partial charge in [0.1, 0.15) is 5.69 Å². The van der Waals surface area contributed by atoms with Crippen molar-refractivity contribution in [1.29, 1.82) is 0 Å². The largest absolute Gasteiger partial charge is 0.357 e. The van der Waals surface area contributed by atoms with E-state index in [9.17, 15) is 4.79 Å². The van der Waals surface area contributed by atoms with Crippen LogP contribution in [0.25, 0.3) is 0 Å². The van der Waals surface area contributed by atoms with Crippen molar-refractivity contribution in [3.05, 3.63) is 24.0 Å². The Morgan fingerprint density at radius 3 is 3.15 bits per heavy atom. The minimum absolute atomic E-state index is 0.217. The summed E-state index contributed by atoms with van der Waals surface area (Å²) in [5, 5.41) is 0. The van der Waals surface area contributed by atoms with Gasteiger partial charge in [-0.2, -0.15) is 0 Å².